The van der Waals surface area contributed by atoms with Crippen molar-refractivity contribution in [3.63, 3.8) is 0 Å². The van der Waals surface area contributed by atoms with Crippen LogP contribution in [0, 0.1) is 11.6 Å². The minimum Gasteiger partial charge on any atom is -0.480 e. The van der Waals surface area contributed by atoms with Crippen LogP contribution in [0.15, 0.2) is 36.4 Å². The molecule has 4 nitrogen and oxygen atoms in total. The highest BCUT2D eigenvalue weighted by Gasteiger charge is 2.29. The summed E-state index contributed by atoms with van der Waals surface area (Å²) < 4.78 is 34.1. The van der Waals surface area contributed by atoms with Crippen LogP contribution in [0.5, 0.6) is 5.75 Å². The molecule has 0 aliphatic carbocycles. The number of nitrogen functional groups attached to an aromatic ring is 1. The highest BCUT2D eigenvalue weighted by molar-refractivity contribution is 5.79. The van der Waals surface area contributed by atoms with E-state index in [1.807, 2.05) is 31.5 Å². The van der Waals surface area contributed by atoms with Gasteiger partial charge in [0.1, 0.15) is 5.75 Å². The number of imidazole rings is 1. The van der Waals surface area contributed by atoms with E-state index < -0.39 is 17.2 Å². The van der Waals surface area contributed by atoms with E-state index >= 15 is 0 Å². The summed E-state index contributed by atoms with van der Waals surface area (Å²) in [6.07, 6.45) is 0. The van der Waals surface area contributed by atoms with Crippen LogP contribution in [-0.4, -0.2) is 9.55 Å². The first kappa shape index (κ1) is 15.3. The molecule has 0 bridgehead atoms. The molecule has 0 fully saturated rings. The average molecular weight is 317 g/mol. The number of ether oxygens (including phenoxy) is 1. The molecule has 0 saturated carbocycles. The van der Waals surface area contributed by atoms with Gasteiger partial charge in [0, 0.05) is 18.8 Å². The molecule has 120 valence electrons. The van der Waals surface area contributed by atoms with E-state index in [0.29, 0.717) is 11.5 Å². The number of nitrogens with two attached hydrogens (primary N) is 1. The third kappa shape index (κ3) is 2.72. The predicted molar refractivity (Wildman–Crippen MR) is 85.1 cm³/mol. The van der Waals surface area contributed by atoms with Crippen molar-refractivity contribution in [3.05, 3.63) is 53.9 Å². The molecule has 0 amide bonds. The van der Waals surface area contributed by atoms with Gasteiger partial charge in [0.15, 0.2) is 23.1 Å². The summed E-state index contributed by atoms with van der Waals surface area (Å²) in [5.41, 5.74) is 7.24. The van der Waals surface area contributed by atoms with Crippen LogP contribution in [-0.2, 0) is 12.6 Å². The van der Waals surface area contributed by atoms with Crippen LogP contribution in [0.1, 0.15) is 19.7 Å². The molecule has 0 saturated heterocycles. The topological polar surface area (TPSA) is 53.1 Å². The minimum atomic E-state index is -0.948. The summed E-state index contributed by atoms with van der Waals surface area (Å²) >= 11 is 0. The molecule has 0 aliphatic heterocycles. The largest absolute Gasteiger partial charge is 0.480 e. The van der Waals surface area contributed by atoms with Crippen LogP contribution in [0.3, 0.4) is 0 Å². The third-order valence-electron chi connectivity index (χ3n) is 3.71. The van der Waals surface area contributed by atoms with Gasteiger partial charge in [-0.15, -0.1) is 0 Å². The molecule has 6 heteroatoms. The third-order valence-corrected chi connectivity index (χ3v) is 3.71. The first-order valence-corrected chi connectivity index (χ1v) is 7.14. The summed E-state index contributed by atoms with van der Waals surface area (Å²) in [7, 11) is 1.87. The van der Waals surface area contributed by atoms with E-state index in [1.165, 1.54) is 6.07 Å². The van der Waals surface area contributed by atoms with E-state index in [0.717, 1.165) is 23.2 Å². The number of anilines is 1. The van der Waals surface area contributed by atoms with Crippen molar-refractivity contribution in [3.8, 4) is 5.75 Å². The minimum absolute atomic E-state index is 0.237. The summed E-state index contributed by atoms with van der Waals surface area (Å²) in [5.74, 6) is -0.965. The lowest BCUT2D eigenvalue weighted by Crippen LogP contribution is -2.29. The van der Waals surface area contributed by atoms with Crippen LogP contribution >= 0.6 is 0 Å². The number of aryl methyl sites for hydroxylation is 1. The Kier molecular flexibility index (Phi) is 3.47. The van der Waals surface area contributed by atoms with Crippen LogP contribution in [0.2, 0.25) is 0 Å². The van der Waals surface area contributed by atoms with Gasteiger partial charge in [0.05, 0.1) is 11.0 Å². The Bertz CT molecular complexity index is 887. The Morgan fingerprint density at radius 1 is 1.09 bits per heavy atom. The molecule has 3 aromatic rings. The summed E-state index contributed by atoms with van der Waals surface area (Å²) in [5, 5.41) is 0. The van der Waals surface area contributed by atoms with Crippen LogP contribution in [0.25, 0.3) is 11.0 Å². The van der Waals surface area contributed by atoms with Gasteiger partial charge in [0.25, 0.3) is 0 Å². The number of benzene rings is 2. The Hall–Kier alpha value is -2.63. The van der Waals surface area contributed by atoms with Crippen molar-refractivity contribution in [2.24, 2.45) is 7.05 Å². The Balaban J connectivity index is 2.01. The van der Waals surface area contributed by atoms with Crippen molar-refractivity contribution in [1.82, 2.24) is 9.55 Å². The number of hydrogen-bond donors (Lipinski definition) is 1. The van der Waals surface area contributed by atoms with Crippen LogP contribution < -0.4 is 10.5 Å². The summed E-state index contributed by atoms with van der Waals surface area (Å²) in [6, 6.07) is 8.92. The fraction of sp³-hybridized carbons (Fsp3) is 0.235. The maximum Gasteiger partial charge on any atom is 0.162 e. The average Bonchev–Trinajstić information content (AvgIpc) is 2.80. The standard InChI is InChI=1S/C17H17F2N3O/c1-17(2,23-11-5-6-12(18)13(19)9-11)16-21-14-8-10(20)4-7-15(14)22(16)3/h4-9H,20H2,1-3H3. The number of hydrogen-bond acceptors (Lipinski definition) is 3. The zero-order chi connectivity index (χ0) is 16.8. The summed E-state index contributed by atoms with van der Waals surface area (Å²) in [6.45, 7) is 3.64. The number of halogens is 2. The highest BCUT2D eigenvalue weighted by Crippen LogP contribution is 2.30. The molecule has 2 N–H and O–H groups in total. The SMILES string of the molecule is Cn1c(C(C)(C)Oc2ccc(F)c(F)c2)nc2cc(N)ccc21. The number of fused-ring (bicyclic) bond motifs is 1. The van der Waals surface area contributed by atoms with E-state index in [4.69, 9.17) is 10.5 Å². The van der Waals surface area contributed by atoms with E-state index in [-0.39, 0.29) is 5.75 Å². The smallest absolute Gasteiger partial charge is 0.162 e. The van der Waals surface area contributed by atoms with Crippen molar-refractivity contribution in [1.29, 1.82) is 0 Å². The molecule has 2 aromatic carbocycles. The molecule has 3 rings (SSSR count). The fourth-order valence-electron chi connectivity index (χ4n) is 2.64. The van der Waals surface area contributed by atoms with Gasteiger partial charge < -0.3 is 15.0 Å². The Morgan fingerprint density at radius 2 is 1.83 bits per heavy atom. The number of rotatable bonds is 3. The quantitative estimate of drug-likeness (QED) is 0.749. The second kappa shape index (κ2) is 5.22. The first-order valence-electron chi connectivity index (χ1n) is 7.14. The fourth-order valence-corrected chi connectivity index (χ4v) is 2.64. The zero-order valence-electron chi connectivity index (χ0n) is 13.1. The molecule has 0 spiro atoms. The highest BCUT2D eigenvalue weighted by atomic mass is 19.2. The molecule has 0 unspecified atom stereocenters. The monoisotopic (exact) mass is 317 g/mol. The second-order valence-corrected chi connectivity index (χ2v) is 5.93. The molecule has 0 aliphatic rings. The van der Waals surface area contributed by atoms with Gasteiger partial charge in [0.2, 0.25) is 0 Å². The summed E-state index contributed by atoms with van der Waals surface area (Å²) in [4.78, 5) is 4.57. The molecular weight excluding hydrogens is 300 g/mol. The van der Waals surface area contributed by atoms with Crippen molar-refractivity contribution in [2.75, 3.05) is 5.73 Å². The number of nitrogens with zero attached hydrogens (tertiary/aromatic N) is 2. The van der Waals surface area contributed by atoms with Crippen molar-refractivity contribution < 1.29 is 13.5 Å². The van der Waals surface area contributed by atoms with Gasteiger partial charge in [-0.25, -0.2) is 13.8 Å². The predicted octanol–water partition coefficient (Wildman–Crippen LogP) is 3.75. The molecule has 1 heterocycles. The normalized spacial score (nSPS) is 11.9. The number of aromatic nitrogens is 2. The zero-order valence-corrected chi connectivity index (χ0v) is 13.1. The van der Waals surface area contributed by atoms with Gasteiger partial charge in [-0.3, -0.25) is 0 Å². The molecule has 0 radical (unpaired) electrons. The Morgan fingerprint density at radius 3 is 2.52 bits per heavy atom. The van der Waals surface area contributed by atoms with Crippen molar-refractivity contribution >= 4 is 16.7 Å². The molecular formula is C17H17F2N3O. The van der Waals surface area contributed by atoms with E-state index in [2.05, 4.69) is 4.98 Å². The van der Waals surface area contributed by atoms with E-state index in [9.17, 15) is 8.78 Å². The van der Waals surface area contributed by atoms with Gasteiger partial charge in [-0.2, -0.15) is 0 Å². The maximum absolute atomic E-state index is 13.4. The van der Waals surface area contributed by atoms with Gasteiger partial charge in [-0.1, -0.05) is 0 Å². The molecule has 0 atom stereocenters. The van der Waals surface area contributed by atoms with Crippen molar-refractivity contribution in [2.45, 2.75) is 19.4 Å². The van der Waals surface area contributed by atoms with Gasteiger partial charge in [-0.05, 0) is 44.2 Å². The molecule has 23 heavy (non-hydrogen) atoms. The maximum atomic E-state index is 13.4. The lowest BCUT2D eigenvalue weighted by molar-refractivity contribution is 0.0952. The second-order valence-electron chi connectivity index (χ2n) is 5.93. The Labute approximate surface area is 132 Å². The first-order chi connectivity index (χ1) is 10.8. The molecule has 1 aromatic heterocycles. The lowest BCUT2D eigenvalue weighted by Gasteiger charge is -2.26. The lowest BCUT2D eigenvalue weighted by atomic mass is 10.1. The van der Waals surface area contributed by atoms with Crippen LogP contribution in [0.4, 0.5) is 14.5 Å². The van der Waals surface area contributed by atoms with E-state index in [1.54, 1.807) is 12.1 Å². The van der Waals surface area contributed by atoms with Gasteiger partial charge >= 0.3 is 0 Å².